The molecule has 6 nitrogen and oxygen atoms in total. The second-order valence-corrected chi connectivity index (χ2v) is 5.69. The average molecular weight is 291 g/mol. The van der Waals surface area contributed by atoms with Crippen LogP contribution >= 0.6 is 0 Å². The van der Waals surface area contributed by atoms with Crippen molar-refractivity contribution in [3.8, 4) is 0 Å². The van der Waals surface area contributed by atoms with E-state index in [4.69, 9.17) is 0 Å². The largest absolute Gasteiger partial charge is 0.451 e. The lowest BCUT2D eigenvalue weighted by Crippen LogP contribution is -2.50. The minimum atomic E-state index is -4.53. The number of alkyl halides is 3. The third-order valence-corrected chi connectivity index (χ3v) is 2.78. The predicted molar refractivity (Wildman–Crippen MR) is 63.7 cm³/mol. The third-order valence-electron chi connectivity index (χ3n) is 2.78. The Morgan fingerprint density at radius 1 is 1.20 bits per heavy atom. The number of aromatic nitrogens is 3. The number of hydrogen-bond acceptors (Lipinski definition) is 3. The van der Waals surface area contributed by atoms with Gasteiger partial charge in [-0.1, -0.05) is 0 Å². The molecule has 0 bridgehead atoms. The zero-order chi connectivity index (χ0) is 15.1. The number of urea groups is 1. The Bertz CT molecular complexity index is 517. The number of rotatable bonds is 0. The van der Waals surface area contributed by atoms with Gasteiger partial charge in [0, 0.05) is 18.6 Å². The van der Waals surface area contributed by atoms with Crippen molar-refractivity contribution in [1.29, 1.82) is 0 Å². The van der Waals surface area contributed by atoms with Crippen LogP contribution in [0, 0.1) is 0 Å². The van der Waals surface area contributed by atoms with Crippen molar-refractivity contribution in [1.82, 2.24) is 25.0 Å². The van der Waals surface area contributed by atoms with Crippen molar-refractivity contribution >= 4 is 6.03 Å². The highest BCUT2D eigenvalue weighted by molar-refractivity contribution is 5.75. The third kappa shape index (κ3) is 3.02. The second kappa shape index (κ2) is 4.64. The summed E-state index contributed by atoms with van der Waals surface area (Å²) in [5.74, 6) is -0.865. The normalized spacial score (nSPS) is 16.0. The van der Waals surface area contributed by atoms with E-state index in [9.17, 15) is 18.0 Å². The zero-order valence-corrected chi connectivity index (χ0v) is 11.5. The minimum Gasteiger partial charge on any atom is -0.333 e. The Kier molecular flexibility index (Phi) is 3.39. The Labute approximate surface area is 114 Å². The van der Waals surface area contributed by atoms with Gasteiger partial charge in [0.1, 0.15) is 0 Å². The fourth-order valence-corrected chi connectivity index (χ4v) is 1.94. The number of hydrogen-bond donors (Lipinski definition) is 1. The molecule has 9 heteroatoms. The van der Waals surface area contributed by atoms with E-state index in [2.05, 4.69) is 15.5 Å². The Hall–Kier alpha value is -1.80. The molecule has 1 aromatic rings. The summed E-state index contributed by atoms with van der Waals surface area (Å²) in [6.07, 6.45) is -4.53. The topological polar surface area (TPSA) is 63.1 Å². The molecule has 0 unspecified atom stereocenters. The van der Waals surface area contributed by atoms with E-state index >= 15 is 0 Å². The molecule has 0 atom stereocenters. The molecule has 112 valence electrons. The molecule has 0 fully saturated rings. The van der Waals surface area contributed by atoms with Gasteiger partial charge in [0.15, 0.2) is 5.82 Å². The minimum absolute atomic E-state index is 0.0188. The molecule has 20 heavy (non-hydrogen) atoms. The summed E-state index contributed by atoms with van der Waals surface area (Å²) in [4.78, 5) is 13.4. The number of fused-ring (bicyclic) bond motifs is 1. The lowest BCUT2D eigenvalue weighted by Gasteiger charge is -2.31. The van der Waals surface area contributed by atoms with Gasteiger partial charge in [-0.3, -0.25) is 0 Å². The summed E-state index contributed by atoms with van der Waals surface area (Å²) in [7, 11) is 0. The highest BCUT2D eigenvalue weighted by atomic mass is 19.4. The van der Waals surface area contributed by atoms with Crippen LogP contribution in [0.1, 0.15) is 32.4 Å². The van der Waals surface area contributed by atoms with Crippen LogP contribution in [0.2, 0.25) is 0 Å². The molecule has 2 amide bonds. The van der Waals surface area contributed by atoms with Crippen LogP contribution in [0.25, 0.3) is 0 Å². The fourth-order valence-electron chi connectivity index (χ4n) is 1.94. The van der Waals surface area contributed by atoms with E-state index in [1.807, 2.05) is 20.8 Å². The van der Waals surface area contributed by atoms with E-state index in [-0.39, 0.29) is 31.5 Å². The number of carbonyl (C=O) groups is 1. The quantitative estimate of drug-likeness (QED) is 0.790. The van der Waals surface area contributed by atoms with Gasteiger partial charge < -0.3 is 14.8 Å². The SMILES string of the molecule is CC(C)(C)NC(=O)N1CCn2c(nnc2C(F)(F)F)C1. The molecule has 1 N–H and O–H groups in total. The van der Waals surface area contributed by atoms with E-state index in [0.29, 0.717) is 0 Å². The number of carbonyl (C=O) groups excluding carboxylic acids is 1. The van der Waals surface area contributed by atoms with Crippen molar-refractivity contribution < 1.29 is 18.0 Å². The lowest BCUT2D eigenvalue weighted by atomic mass is 10.1. The Morgan fingerprint density at radius 3 is 2.40 bits per heavy atom. The number of nitrogens with zero attached hydrogens (tertiary/aromatic N) is 4. The molecule has 1 aliphatic rings. The van der Waals surface area contributed by atoms with Gasteiger partial charge in [-0.05, 0) is 20.8 Å². The Morgan fingerprint density at radius 2 is 1.85 bits per heavy atom. The first-order valence-corrected chi connectivity index (χ1v) is 6.14. The summed E-state index contributed by atoms with van der Waals surface area (Å²) < 4.78 is 39.0. The van der Waals surface area contributed by atoms with E-state index < -0.39 is 17.5 Å². The summed E-state index contributed by atoms with van der Waals surface area (Å²) >= 11 is 0. The van der Waals surface area contributed by atoms with Crippen LogP contribution < -0.4 is 5.32 Å². The van der Waals surface area contributed by atoms with Crippen LogP contribution in [0.15, 0.2) is 0 Å². The number of nitrogens with one attached hydrogen (secondary N) is 1. The molecule has 2 rings (SSSR count). The van der Waals surface area contributed by atoms with Gasteiger partial charge in [0.25, 0.3) is 0 Å². The summed E-state index contributed by atoms with van der Waals surface area (Å²) in [6, 6.07) is -0.319. The van der Waals surface area contributed by atoms with Crippen molar-refractivity contribution in [3.63, 3.8) is 0 Å². The lowest BCUT2D eigenvalue weighted by molar-refractivity contribution is -0.147. The molecule has 1 aromatic heterocycles. The molecule has 0 aliphatic carbocycles. The maximum absolute atomic E-state index is 12.7. The molecule has 1 aliphatic heterocycles. The highest BCUT2D eigenvalue weighted by Gasteiger charge is 2.40. The van der Waals surface area contributed by atoms with Crippen LogP contribution in [-0.2, 0) is 19.3 Å². The number of halogens is 3. The molecule has 0 radical (unpaired) electrons. The van der Waals surface area contributed by atoms with Gasteiger partial charge >= 0.3 is 12.2 Å². The fraction of sp³-hybridized carbons (Fsp3) is 0.727. The van der Waals surface area contributed by atoms with Crippen molar-refractivity contribution in [3.05, 3.63) is 11.6 Å². The van der Waals surface area contributed by atoms with E-state index in [1.165, 1.54) is 4.90 Å². The van der Waals surface area contributed by atoms with Gasteiger partial charge in [-0.2, -0.15) is 13.2 Å². The van der Waals surface area contributed by atoms with Gasteiger partial charge in [-0.25, -0.2) is 4.79 Å². The Balaban J connectivity index is 2.13. The maximum Gasteiger partial charge on any atom is 0.451 e. The smallest absolute Gasteiger partial charge is 0.333 e. The van der Waals surface area contributed by atoms with Crippen molar-refractivity contribution in [2.45, 2.75) is 45.6 Å². The second-order valence-electron chi connectivity index (χ2n) is 5.69. The van der Waals surface area contributed by atoms with E-state index in [0.717, 1.165) is 4.57 Å². The van der Waals surface area contributed by atoms with Gasteiger partial charge in [0.05, 0.1) is 6.54 Å². The predicted octanol–water partition coefficient (Wildman–Crippen LogP) is 1.62. The molecule has 0 saturated heterocycles. The summed E-state index contributed by atoms with van der Waals surface area (Å²) in [5.41, 5.74) is -0.403. The molecule has 2 heterocycles. The first kappa shape index (κ1) is 14.6. The first-order chi connectivity index (χ1) is 9.08. The maximum atomic E-state index is 12.7. The van der Waals surface area contributed by atoms with Crippen LogP contribution in [0.3, 0.4) is 0 Å². The molecule has 0 saturated carbocycles. The van der Waals surface area contributed by atoms with E-state index in [1.54, 1.807) is 0 Å². The standard InChI is InChI=1S/C11H16F3N5O/c1-10(2,3)15-9(20)18-4-5-19-7(6-18)16-17-8(19)11(12,13)14/h4-6H2,1-3H3,(H,15,20). The molecule has 0 aromatic carbocycles. The first-order valence-electron chi connectivity index (χ1n) is 6.14. The number of amides is 2. The summed E-state index contributed by atoms with van der Waals surface area (Å²) in [6.45, 7) is 5.74. The zero-order valence-electron chi connectivity index (χ0n) is 11.5. The summed E-state index contributed by atoms with van der Waals surface area (Å²) in [5, 5.41) is 9.45. The van der Waals surface area contributed by atoms with Crippen LogP contribution in [-0.4, -0.2) is 37.8 Å². The van der Waals surface area contributed by atoms with Crippen molar-refractivity contribution in [2.75, 3.05) is 6.54 Å². The molecule has 0 spiro atoms. The van der Waals surface area contributed by atoms with Crippen LogP contribution in [0.5, 0.6) is 0 Å². The molecular weight excluding hydrogens is 275 g/mol. The highest BCUT2D eigenvalue weighted by Crippen LogP contribution is 2.29. The van der Waals surface area contributed by atoms with Crippen molar-refractivity contribution in [2.24, 2.45) is 0 Å². The van der Waals surface area contributed by atoms with Gasteiger partial charge in [0.2, 0.25) is 5.82 Å². The van der Waals surface area contributed by atoms with Crippen LogP contribution in [0.4, 0.5) is 18.0 Å². The monoisotopic (exact) mass is 291 g/mol. The average Bonchev–Trinajstić information content (AvgIpc) is 2.68. The molecular formula is C11H16F3N5O. The van der Waals surface area contributed by atoms with Gasteiger partial charge in [-0.15, -0.1) is 10.2 Å².